The molecule has 0 aliphatic heterocycles. The minimum absolute atomic E-state index is 0.248. The van der Waals surface area contributed by atoms with Crippen LogP contribution in [0.15, 0.2) is 42.9 Å². The van der Waals surface area contributed by atoms with E-state index >= 15 is 0 Å². The van der Waals surface area contributed by atoms with Gasteiger partial charge in [0.25, 0.3) is 0 Å². The molecule has 1 aromatic carbocycles. The van der Waals surface area contributed by atoms with E-state index < -0.39 is 0 Å². The highest BCUT2D eigenvalue weighted by Gasteiger charge is 2.11. The minimum Gasteiger partial charge on any atom is -0.382 e. The SMILES string of the molecule is CN(Cc1cccc(F)c1)c1nc(N)cn2ccnc12. The summed E-state index contributed by atoms with van der Waals surface area (Å²) in [6.45, 7) is 0.525. The molecule has 2 aromatic heterocycles. The number of rotatable bonds is 3. The number of aromatic nitrogens is 3. The van der Waals surface area contributed by atoms with Crippen LogP contribution in [0.5, 0.6) is 0 Å². The van der Waals surface area contributed by atoms with Crippen molar-refractivity contribution in [3.05, 3.63) is 54.2 Å². The van der Waals surface area contributed by atoms with Gasteiger partial charge in [-0.2, -0.15) is 0 Å². The molecule has 3 aromatic rings. The maximum Gasteiger partial charge on any atom is 0.180 e. The number of nitrogens with two attached hydrogens (primary N) is 1. The number of halogens is 1. The second kappa shape index (κ2) is 4.80. The lowest BCUT2D eigenvalue weighted by Gasteiger charge is -2.19. The molecule has 0 aliphatic rings. The van der Waals surface area contributed by atoms with Gasteiger partial charge in [0.05, 0.1) is 6.20 Å². The summed E-state index contributed by atoms with van der Waals surface area (Å²) in [5.74, 6) is 0.832. The molecule has 0 fully saturated rings. The molecule has 6 heteroatoms. The van der Waals surface area contributed by atoms with E-state index in [4.69, 9.17) is 5.73 Å². The number of hydrogen-bond donors (Lipinski definition) is 1. The van der Waals surface area contributed by atoms with E-state index in [1.54, 1.807) is 18.5 Å². The van der Waals surface area contributed by atoms with E-state index in [0.29, 0.717) is 18.2 Å². The average Bonchev–Trinajstić information content (AvgIpc) is 2.85. The molecule has 0 saturated heterocycles. The molecular weight excluding hydrogens is 257 g/mol. The first-order valence-corrected chi connectivity index (χ1v) is 6.18. The van der Waals surface area contributed by atoms with Crippen molar-refractivity contribution in [2.24, 2.45) is 0 Å². The normalized spacial score (nSPS) is 10.9. The van der Waals surface area contributed by atoms with E-state index in [1.165, 1.54) is 12.1 Å². The highest BCUT2D eigenvalue weighted by molar-refractivity contribution is 5.66. The maximum absolute atomic E-state index is 13.2. The Bertz CT molecular complexity index is 752. The molecule has 0 atom stereocenters. The van der Waals surface area contributed by atoms with Gasteiger partial charge in [-0.05, 0) is 17.7 Å². The molecule has 0 radical (unpaired) electrons. The van der Waals surface area contributed by atoms with Crippen LogP contribution in [0.25, 0.3) is 5.65 Å². The van der Waals surface area contributed by atoms with E-state index in [-0.39, 0.29) is 5.82 Å². The van der Waals surface area contributed by atoms with Crippen molar-refractivity contribution in [3.63, 3.8) is 0 Å². The lowest BCUT2D eigenvalue weighted by Crippen LogP contribution is -2.19. The number of hydrogen-bond acceptors (Lipinski definition) is 4. The number of anilines is 2. The Balaban J connectivity index is 1.96. The molecule has 3 rings (SSSR count). The fourth-order valence-electron chi connectivity index (χ4n) is 2.17. The van der Waals surface area contributed by atoms with Gasteiger partial charge in [0.1, 0.15) is 11.6 Å². The van der Waals surface area contributed by atoms with Crippen LogP contribution < -0.4 is 10.6 Å². The summed E-state index contributed by atoms with van der Waals surface area (Å²) in [4.78, 5) is 10.5. The van der Waals surface area contributed by atoms with E-state index in [1.807, 2.05) is 28.6 Å². The quantitative estimate of drug-likeness (QED) is 0.792. The van der Waals surface area contributed by atoms with Gasteiger partial charge in [0, 0.05) is 26.0 Å². The van der Waals surface area contributed by atoms with Gasteiger partial charge < -0.3 is 15.0 Å². The standard InChI is InChI=1S/C14H14FN5/c1-19(8-10-3-2-4-11(15)7-10)14-13-17-5-6-20(13)9-12(16)18-14/h2-7,9H,8,16H2,1H3. The van der Waals surface area contributed by atoms with Gasteiger partial charge >= 0.3 is 0 Å². The van der Waals surface area contributed by atoms with E-state index in [9.17, 15) is 4.39 Å². The zero-order valence-electron chi connectivity index (χ0n) is 11.0. The van der Waals surface area contributed by atoms with Gasteiger partial charge in [0.2, 0.25) is 0 Å². The first-order chi connectivity index (χ1) is 9.63. The maximum atomic E-state index is 13.2. The lowest BCUT2D eigenvalue weighted by molar-refractivity contribution is 0.625. The van der Waals surface area contributed by atoms with Crippen LogP contribution in [0.2, 0.25) is 0 Å². The Morgan fingerprint density at radius 3 is 3.05 bits per heavy atom. The van der Waals surface area contributed by atoms with Crippen molar-refractivity contribution in [1.29, 1.82) is 0 Å². The van der Waals surface area contributed by atoms with Crippen LogP contribution in [0.3, 0.4) is 0 Å². The van der Waals surface area contributed by atoms with Crippen LogP contribution in [-0.2, 0) is 6.54 Å². The first kappa shape index (κ1) is 12.4. The summed E-state index contributed by atoms with van der Waals surface area (Å²) in [6, 6.07) is 6.49. The Hall–Kier alpha value is -2.63. The van der Waals surface area contributed by atoms with Crippen LogP contribution in [0.4, 0.5) is 16.0 Å². The van der Waals surface area contributed by atoms with Crippen LogP contribution in [0, 0.1) is 5.82 Å². The predicted octanol–water partition coefficient (Wildman–Crippen LogP) is 2.09. The summed E-state index contributed by atoms with van der Waals surface area (Å²) in [7, 11) is 1.88. The number of benzene rings is 1. The van der Waals surface area contributed by atoms with Crippen molar-refractivity contribution in [1.82, 2.24) is 14.4 Å². The number of nitrogen functional groups attached to an aromatic ring is 1. The van der Waals surface area contributed by atoms with Crippen molar-refractivity contribution in [2.75, 3.05) is 17.7 Å². The van der Waals surface area contributed by atoms with Crippen molar-refractivity contribution in [3.8, 4) is 0 Å². The smallest absolute Gasteiger partial charge is 0.180 e. The lowest BCUT2D eigenvalue weighted by atomic mass is 10.2. The molecule has 0 spiro atoms. The number of fused-ring (bicyclic) bond motifs is 1. The van der Waals surface area contributed by atoms with Crippen molar-refractivity contribution >= 4 is 17.3 Å². The van der Waals surface area contributed by atoms with Gasteiger partial charge in [-0.1, -0.05) is 12.1 Å². The Morgan fingerprint density at radius 1 is 1.40 bits per heavy atom. The molecule has 2 N–H and O–H groups in total. The van der Waals surface area contributed by atoms with E-state index in [0.717, 1.165) is 11.2 Å². The fourth-order valence-corrected chi connectivity index (χ4v) is 2.17. The first-order valence-electron chi connectivity index (χ1n) is 6.18. The second-order valence-corrected chi connectivity index (χ2v) is 4.63. The van der Waals surface area contributed by atoms with Crippen LogP contribution >= 0.6 is 0 Å². The molecule has 0 bridgehead atoms. The highest BCUT2D eigenvalue weighted by atomic mass is 19.1. The molecule has 5 nitrogen and oxygen atoms in total. The summed E-state index contributed by atoms with van der Waals surface area (Å²) in [5, 5.41) is 0. The summed E-state index contributed by atoms with van der Waals surface area (Å²) < 4.78 is 15.0. The topological polar surface area (TPSA) is 59.5 Å². The Labute approximate surface area is 115 Å². The van der Waals surface area contributed by atoms with E-state index in [2.05, 4.69) is 9.97 Å². The Kier molecular flexibility index (Phi) is 2.98. The summed E-state index contributed by atoms with van der Waals surface area (Å²) in [6.07, 6.45) is 5.21. The third kappa shape index (κ3) is 2.27. The Morgan fingerprint density at radius 2 is 2.25 bits per heavy atom. The van der Waals surface area contributed by atoms with Gasteiger partial charge in [-0.3, -0.25) is 0 Å². The largest absolute Gasteiger partial charge is 0.382 e. The number of imidazole rings is 1. The van der Waals surface area contributed by atoms with Gasteiger partial charge in [0.15, 0.2) is 11.5 Å². The zero-order chi connectivity index (χ0) is 14.1. The van der Waals surface area contributed by atoms with Gasteiger partial charge in [-0.25, -0.2) is 14.4 Å². The molecule has 2 heterocycles. The molecule has 0 unspecified atom stereocenters. The summed E-state index contributed by atoms with van der Waals surface area (Å²) >= 11 is 0. The average molecular weight is 271 g/mol. The van der Waals surface area contributed by atoms with Gasteiger partial charge in [-0.15, -0.1) is 0 Å². The second-order valence-electron chi connectivity index (χ2n) is 4.63. The zero-order valence-corrected chi connectivity index (χ0v) is 11.0. The van der Waals surface area contributed by atoms with Crippen LogP contribution in [-0.4, -0.2) is 21.4 Å². The highest BCUT2D eigenvalue weighted by Crippen LogP contribution is 2.20. The number of nitrogens with zero attached hydrogens (tertiary/aromatic N) is 4. The third-order valence-corrected chi connectivity index (χ3v) is 3.05. The molecule has 0 aliphatic carbocycles. The molecule has 20 heavy (non-hydrogen) atoms. The summed E-state index contributed by atoms with van der Waals surface area (Å²) in [5.41, 5.74) is 7.38. The third-order valence-electron chi connectivity index (χ3n) is 3.05. The van der Waals surface area contributed by atoms with Crippen molar-refractivity contribution < 1.29 is 4.39 Å². The fraction of sp³-hybridized carbons (Fsp3) is 0.143. The minimum atomic E-state index is -0.248. The van der Waals surface area contributed by atoms with Crippen LogP contribution in [0.1, 0.15) is 5.56 Å². The molecular formula is C14H14FN5. The monoisotopic (exact) mass is 271 g/mol. The molecule has 0 saturated carbocycles. The van der Waals surface area contributed by atoms with Crippen molar-refractivity contribution in [2.45, 2.75) is 6.54 Å². The molecule has 102 valence electrons. The predicted molar refractivity (Wildman–Crippen MR) is 75.9 cm³/mol. The molecule has 0 amide bonds.